The lowest BCUT2D eigenvalue weighted by molar-refractivity contribution is 0.0208. The molecular weight excluding hydrogens is 208 g/mol. The molecular formula is C11H16N2O3. The topological polar surface area (TPSA) is 64.2 Å². The van der Waals surface area contributed by atoms with E-state index in [0.717, 1.165) is 25.7 Å². The van der Waals surface area contributed by atoms with E-state index < -0.39 is 0 Å². The Bertz CT molecular complexity index is 391. The van der Waals surface area contributed by atoms with Gasteiger partial charge in [0.1, 0.15) is 11.9 Å². The van der Waals surface area contributed by atoms with Crippen LogP contribution in [0, 0.1) is 0 Å². The summed E-state index contributed by atoms with van der Waals surface area (Å²) in [5.41, 5.74) is -0.239. The van der Waals surface area contributed by atoms with Crippen LogP contribution >= 0.6 is 0 Å². The zero-order chi connectivity index (χ0) is 11.4. The second kappa shape index (κ2) is 5.12. The van der Waals surface area contributed by atoms with Gasteiger partial charge in [0, 0.05) is 19.6 Å². The molecule has 5 nitrogen and oxygen atoms in total. The normalized spacial score (nSPS) is 25.3. The number of hydrogen-bond acceptors (Lipinski definition) is 4. The average molecular weight is 224 g/mol. The number of rotatable bonds is 3. The summed E-state index contributed by atoms with van der Waals surface area (Å²) in [6, 6.07) is 1.42. The summed E-state index contributed by atoms with van der Waals surface area (Å²) >= 11 is 0. The van der Waals surface area contributed by atoms with Crippen LogP contribution in [0.3, 0.4) is 0 Å². The summed E-state index contributed by atoms with van der Waals surface area (Å²) in [5, 5.41) is 6.01. The molecule has 16 heavy (non-hydrogen) atoms. The van der Waals surface area contributed by atoms with Gasteiger partial charge in [0.25, 0.3) is 5.56 Å². The zero-order valence-electron chi connectivity index (χ0n) is 9.31. The second-order valence-electron chi connectivity index (χ2n) is 4.05. The third-order valence-electron chi connectivity index (χ3n) is 2.85. The molecule has 0 radical (unpaired) electrons. The van der Waals surface area contributed by atoms with Gasteiger partial charge in [0.15, 0.2) is 0 Å². The van der Waals surface area contributed by atoms with Crippen molar-refractivity contribution in [3.05, 3.63) is 22.6 Å². The fourth-order valence-electron chi connectivity index (χ4n) is 2.04. The highest BCUT2D eigenvalue weighted by Crippen LogP contribution is 2.24. The summed E-state index contributed by atoms with van der Waals surface area (Å²) < 4.78 is 11.0. The zero-order valence-corrected chi connectivity index (χ0v) is 9.31. The van der Waals surface area contributed by atoms with Gasteiger partial charge in [0.2, 0.25) is 0 Å². The fourth-order valence-corrected chi connectivity index (χ4v) is 2.04. The SMILES string of the molecule is COC1CCCC(Oc2cn[nH]c(=O)c2)C1. The Labute approximate surface area is 93.8 Å². The van der Waals surface area contributed by atoms with Crippen molar-refractivity contribution in [2.24, 2.45) is 0 Å². The average Bonchev–Trinajstić information content (AvgIpc) is 2.29. The van der Waals surface area contributed by atoms with Crippen LogP contribution in [-0.2, 0) is 4.74 Å². The molecule has 1 aromatic rings. The molecule has 1 aliphatic carbocycles. The first-order valence-electron chi connectivity index (χ1n) is 5.52. The van der Waals surface area contributed by atoms with Crippen LogP contribution in [-0.4, -0.2) is 29.5 Å². The van der Waals surface area contributed by atoms with E-state index in [1.165, 1.54) is 12.3 Å². The Kier molecular flexibility index (Phi) is 3.56. The van der Waals surface area contributed by atoms with Crippen molar-refractivity contribution in [3.8, 4) is 5.75 Å². The number of nitrogens with zero attached hydrogens (tertiary/aromatic N) is 1. The first-order chi connectivity index (χ1) is 7.78. The van der Waals surface area contributed by atoms with Crippen molar-refractivity contribution in [3.63, 3.8) is 0 Å². The largest absolute Gasteiger partial charge is 0.488 e. The van der Waals surface area contributed by atoms with Gasteiger partial charge < -0.3 is 9.47 Å². The molecule has 5 heteroatoms. The maximum atomic E-state index is 11.0. The Morgan fingerprint density at radius 3 is 3.00 bits per heavy atom. The minimum atomic E-state index is -0.239. The van der Waals surface area contributed by atoms with Crippen molar-refractivity contribution < 1.29 is 9.47 Å². The number of nitrogens with one attached hydrogen (secondary N) is 1. The minimum Gasteiger partial charge on any atom is -0.488 e. The van der Waals surface area contributed by atoms with Gasteiger partial charge in [0.05, 0.1) is 12.3 Å². The predicted molar refractivity (Wildman–Crippen MR) is 58.5 cm³/mol. The number of hydrogen-bond donors (Lipinski definition) is 1. The van der Waals surface area contributed by atoms with Crippen LogP contribution in [0.2, 0.25) is 0 Å². The van der Waals surface area contributed by atoms with Crippen LogP contribution in [0.5, 0.6) is 5.75 Å². The lowest BCUT2D eigenvalue weighted by Crippen LogP contribution is -2.29. The second-order valence-corrected chi connectivity index (χ2v) is 4.05. The molecule has 0 amide bonds. The van der Waals surface area contributed by atoms with Crippen molar-refractivity contribution in [1.82, 2.24) is 10.2 Å². The molecule has 88 valence electrons. The van der Waals surface area contributed by atoms with E-state index in [0.29, 0.717) is 5.75 Å². The molecule has 1 fully saturated rings. The minimum absolute atomic E-state index is 0.127. The van der Waals surface area contributed by atoms with Crippen LogP contribution in [0.25, 0.3) is 0 Å². The number of aromatic amines is 1. The van der Waals surface area contributed by atoms with Crippen LogP contribution in [0.1, 0.15) is 25.7 Å². The highest BCUT2D eigenvalue weighted by molar-refractivity contribution is 5.13. The van der Waals surface area contributed by atoms with E-state index in [-0.39, 0.29) is 17.8 Å². The number of ether oxygens (including phenoxy) is 2. The van der Waals surface area contributed by atoms with E-state index in [1.807, 2.05) is 0 Å². The number of H-pyrrole nitrogens is 1. The molecule has 2 rings (SSSR count). The molecule has 1 heterocycles. The van der Waals surface area contributed by atoms with Crippen molar-refractivity contribution in [2.75, 3.05) is 7.11 Å². The molecule has 0 spiro atoms. The first-order valence-corrected chi connectivity index (χ1v) is 5.52. The van der Waals surface area contributed by atoms with Gasteiger partial charge in [-0.1, -0.05) is 0 Å². The van der Waals surface area contributed by atoms with Gasteiger partial charge in [-0.25, -0.2) is 5.10 Å². The lowest BCUT2D eigenvalue weighted by atomic mass is 9.95. The summed E-state index contributed by atoms with van der Waals surface area (Å²) in [6.07, 6.45) is 5.99. The van der Waals surface area contributed by atoms with Crippen LogP contribution < -0.4 is 10.3 Å². The maximum Gasteiger partial charge on any atom is 0.267 e. The van der Waals surface area contributed by atoms with E-state index in [4.69, 9.17) is 9.47 Å². The molecule has 1 N–H and O–H groups in total. The van der Waals surface area contributed by atoms with Crippen molar-refractivity contribution >= 4 is 0 Å². The third-order valence-corrected chi connectivity index (χ3v) is 2.85. The standard InChI is InChI=1S/C11H16N2O3/c1-15-8-3-2-4-9(5-8)16-10-6-11(14)13-12-7-10/h6-9H,2-5H2,1H3,(H,13,14). The van der Waals surface area contributed by atoms with Crippen LogP contribution in [0.4, 0.5) is 0 Å². The van der Waals surface area contributed by atoms with Gasteiger partial charge in [-0.2, -0.15) is 5.10 Å². The van der Waals surface area contributed by atoms with E-state index in [1.54, 1.807) is 7.11 Å². The predicted octanol–water partition coefficient (Wildman–Crippen LogP) is 1.11. The molecule has 2 atom stereocenters. The Hall–Kier alpha value is -1.36. The first kappa shape index (κ1) is 11.1. The Balaban J connectivity index is 1.96. The molecule has 0 bridgehead atoms. The summed E-state index contributed by atoms with van der Waals surface area (Å²) in [6.45, 7) is 0. The maximum absolute atomic E-state index is 11.0. The number of aromatic nitrogens is 2. The molecule has 1 saturated carbocycles. The Morgan fingerprint density at radius 1 is 1.44 bits per heavy atom. The lowest BCUT2D eigenvalue weighted by Gasteiger charge is -2.28. The van der Waals surface area contributed by atoms with Crippen molar-refractivity contribution in [1.29, 1.82) is 0 Å². The molecule has 0 aromatic carbocycles. The van der Waals surface area contributed by atoms with E-state index >= 15 is 0 Å². The monoisotopic (exact) mass is 224 g/mol. The van der Waals surface area contributed by atoms with Gasteiger partial charge in [-0.05, 0) is 19.3 Å². The molecule has 1 aliphatic rings. The molecule has 0 aliphatic heterocycles. The Morgan fingerprint density at radius 2 is 2.25 bits per heavy atom. The molecule has 1 aromatic heterocycles. The third kappa shape index (κ3) is 2.82. The smallest absolute Gasteiger partial charge is 0.267 e. The fraction of sp³-hybridized carbons (Fsp3) is 0.636. The van der Waals surface area contributed by atoms with Crippen molar-refractivity contribution in [2.45, 2.75) is 37.9 Å². The van der Waals surface area contributed by atoms with E-state index in [2.05, 4.69) is 10.2 Å². The van der Waals surface area contributed by atoms with Gasteiger partial charge in [-0.3, -0.25) is 4.79 Å². The summed E-state index contributed by atoms with van der Waals surface area (Å²) in [5.74, 6) is 0.533. The quantitative estimate of drug-likeness (QED) is 0.835. The van der Waals surface area contributed by atoms with Crippen LogP contribution in [0.15, 0.2) is 17.1 Å². The summed E-state index contributed by atoms with van der Waals surface area (Å²) in [4.78, 5) is 11.0. The summed E-state index contributed by atoms with van der Waals surface area (Å²) in [7, 11) is 1.72. The molecule has 2 unspecified atom stereocenters. The van der Waals surface area contributed by atoms with Gasteiger partial charge in [-0.15, -0.1) is 0 Å². The highest BCUT2D eigenvalue weighted by Gasteiger charge is 2.23. The van der Waals surface area contributed by atoms with Gasteiger partial charge >= 0.3 is 0 Å². The number of methoxy groups -OCH3 is 1. The van der Waals surface area contributed by atoms with E-state index in [9.17, 15) is 4.79 Å². The highest BCUT2D eigenvalue weighted by atomic mass is 16.5. The molecule has 0 saturated heterocycles.